The number of fused-ring (bicyclic) bond motifs is 3. The molecule has 0 saturated heterocycles. The van der Waals surface area contributed by atoms with Gasteiger partial charge in [-0.05, 0) is 30.3 Å². The summed E-state index contributed by atoms with van der Waals surface area (Å²) in [4.78, 5) is 23.1. The van der Waals surface area contributed by atoms with Crippen LogP contribution in [0.2, 0.25) is 0 Å². The fourth-order valence-electron chi connectivity index (χ4n) is 2.95. The van der Waals surface area contributed by atoms with E-state index in [0.717, 1.165) is 27.5 Å². The third-order valence-electron chi connectivity index (χ3n) is 4.22. The minimum atomic E-state index is -2.11. The van der Waals surface area contributed by atoms with Gasteiger partial charge in [0.2, 0.25) is 0 Å². The van der Waals surface area contributed by atoms with Gasteiger partial charge in [0.05, 0.1) is 37.1 Å². The Bertz CT molecular complexity index is 1090. The fraction of sp³-hybridized carbons (Fsp3) is 0.111. The van der Waals surface area contributed by atoms with Crippen LogP contribution in [0.4, 0.5) is 0 Å². The van der Waals surface area contributed by atoms with E-state index in [2.05, 4.69) is 10.1 Å². The molecular formula is C18H16N3O4P. The summed E-state index contributed by atoms with van der Waals surface area (Å²) in [5, 5.41) is 6.73. The maximum absolute atomic E-state index is 9.33. The van der Waals surface area contributed by atoms with Crippen molar-refractivity contribution in [3.63, 3.8) is 0 Å². The summed E-state index contributed by atoms with van der Waals surface area (Å²) >= 11 is 0. The minimum absolute atomic E-state index is 0.484. The molecule has 0 fully saturated rings. The third kappa shape index (κ3) is 2.66. The number of methoxy groups -OCH3 is 2. The first kappa shape index (κ1) is 16.7. The summed E-state index contributed by atoms with van der Waals surface area (Å²) in [6, 6.07) is 10.7. The number of hydrogen-bond donors (Lipinski definition) is 2. The van der Waals surface area contributed by atoms with Crippen molar-refractivity contribution in [2.75, 3.05) is 14.2 Å². The van der Waals surface area contributed by atoms with Crippen LogP contribution in [-0.2, 0) is 0 Å². The lowest BCUT2D eigenvalue weighted by molar-refractivity contribution is 0.356. The zero-order valence-electron chi connectivity index (χ0n) is 14.1. The second kappa shape index (κ2) is 6.53. The molecule has 132 valence electrons. The maximum atomic E-state index is 9.33. The van der Waals surface area contributed by atoms with Crippen molar-refractivity contribution >= 4 is 35.5 Å². The van der Waals surface area contributed by atoms with Crippen LogP contribution in [0.25, 0.3) is 27.5 Å². The van der Waals surface area contributed by atoms with Gasteiger partial charge in [0.1, 0.15) is 0 Å². The van der Waals surface area contributed by atoms with Crippen molar-refractivity contribution in [1.82, 2.24) is 14.8 Å². The van der Waals surface area contributed by atoms with Gasteiger partial charge in [-0.2, -0.15) is 5.10 Å². The Kier molecular flexibility index (Phi) is 4.20. The second-order valence-corrected chi connectivity index (χ2v) is 6.74. The van der Waals surface area contributed by atoms with E-state index >= 15 is 0 Å². The van der Waals surface area contributed by atoms with Crippen LogP contribution >= 0.6 is 8.38 Å². The lowest BCUT2D eigenvalue weighted by Gasteiger charge is -2.11. The average molecular weight is 369 g/mol. The van der Waals surface area contributed by atoms with Gasteiger partial charge in [0.25, 0.3) is 0 Å². The Labute approximate surface area is 150 Å². The predicted molar refractivity (Wildman–Crippen MR) is 100 cm³/mol. The third-order valence-corrected chi connectivity index (χ3v) is 4.98. The SMILES string of the molecule is COc1cc2ncc3cnn(-c4ccc(P(O)O)cc4)c3c2cc1OC. The lowest BCUT2D eigenvalue weighted by atomic mass is 10.1. The zero-order valence-corrected chi connectivity index (χ0v) is 15.0. The standard InChI is InChI=1S/C18H16N3O4P/c1-24-16-7-14-15(8-17(16)25-2)19-9-11-10-20-21(18(11)14)12-3-5-13(6-4-12)26(22)23/h3-10,22-23H,1-2H3. The molecule has 2 heterocycles. The van der Waals surface area contributed by atoms with Crippen molar-refractivity contribution in [2.45, 2.75) is 0 Å². The van der Waals surface area contributed by atoms with Crippen LogP contribution in [0.5, 0.6) is 11.5 Å². The summed E-state index contributed by atoms with van der Waals surface area (Å²) in [5.41, 5.74) is 2.46. The van der Waals surface area contributed by atoms with Crippen LogP contribution in [0, 0.1) is 0 Å². The summed E-state index contributed by atoms with van der Waals surface area (Å²) in [7, 11) is 1.07. The number of ether oxygens (including phenoxy) is 2. The molecule has 4 rings (SSSR count). The van der Waals surface area contributed by atoms with E-state index < -0.39 is 8.38 Å². The molecule has 0 aliphatic carbocycles. The Morgan fingerprint density at radius 3 is 2.31 bits per heavy atom. The molecule has 0 unspecified atom stereocenters. The van der Waals surface area contributed by atoms with Crippen molar-refractivity contribution in [3.8, 4) is 17.2 Å². The lowest BCUT2D eigenvalue weighted by Crippen LogP contribution is -2.02. The Morgan fingerprint density at radius 2 is 1.65 bits per heavy atom. The summed E-state index contributed by atoms with van der Waals surface area (Å²) in [6.45, 7) is 0. The number of aromatic nitrogens is 3. The molecule has 0 spiro atoms. The van der Waals surface area contributed by atoms with Gasteiger partial charge >= 0.3 is 0 Å². The van der Waals surface area contributed by atoms with Crippen LogP contribution in [0.15, 0.2) is 48.8 Å². The highest BCUT2D eigenvalue weighted by Gasteiger charge is 2.14. The molecule has 0 saturated carbocycles. The van der Waals surface area contributed by atoms with Crippen molar-refractivity contribution in [1.29, 1.82) is 0 Å². The molecule has 2 aromatic carbocycles. The van der Waals surface area contributed by atoms with Gasteiger partial charge in [-0.15, -0.1) is 0 Å². The maximum Gasteiger partial charge on any atom is 0.199 e. The molecule has 26 heavy (non-hydrogen) atoms. The molecule has 0 atom stereocenters. The highest BCUT2D eigenvalue weighted by Crippen LogP contribution is 2.35. The van der Waals surface area contributed by atoms with E-state index in [4.69, 9.17) is 9.47 Å². The molecule has 0 aliphatic heterocycles. The summed E-state index contributed by atoms with van der Waals surface area (Å²) < 4.78 is 12.6. The highest BCUT2D eigenvalue weighted by molar-refractivity contribution is 7.54. The number of rotatable bonds is 4. The molecule has 4 aromatic rings. The monoisotopic (exact) mass is 369 g/mol. The van der Waals surface area contributed by atoms with E-state index in [9.17, 15) is 9.79 Å². The van der Waals surface area contributed by atoms with Gasteiger partial charge in [-0.3, -0.25) is 4.98 Å². The minimum Gasteiger partial charge on any atom is -0.493 e. The van der Waals surface area contributed by atoms with Crippen molar-refractivity contribution in [3.05, 3.63) is 48.8 Å². The quantitative estimate of drug-likeness (QED) is 0.538. The first-order valence-electron chi connectivity index (χ1n) is 7.79. The molecule has 0 amide bonds. The van der Waals surface area contributed by atoms with Crippen LogP contribution in [0.1, 0.15) is 0 Å². The number of pyridine rings is 1. The molecular weight excluding hydrogens is 353 g/mol. The molecule has 8 heteroatoms. The van der Waals surface area contributed by atoms with Crippen LogP contribution in [0.3, 0.4) is 0 Å². The smallest absolute Gasteiger partial charge is 0.199 e. The average Bonchev–Trinajstić information content (AvgIpc) is 3.11. The fourth-order valence-corrected chi connectivity index (χ4v) is 3.37. The van der Waals surface area contributed by atoms with E-state index in [1.54, 1.807) is 55.6 Å². The molecule has 7 nitrogen and oxygen atoms in total. The molecule has 2 aromatic heterocycles. The van der Waals surface area contributed by atoms with Gasteiger partial charge in [0, 0.05) is 28.3 Å². The van der Waals surface area contributed by atoms with E-state index in [-0.39, 0.29) is 0 Å². The van der Waals surface area contributed by atoms with E-state index in [1.165, 1.54) is 0 Å². The molecule has 2 N–H and O–H groups in total. The topological polar surface area (TPSA) is 89.6 Å². The highest BCUT2D eigenvalue weighted by atomic mass is 31.2. The predicted octanol–water partition coefficient (Wildman–Crippen LogP) is 2.51. The first-order valence-corrected chi connectivity index (χ1v) is 9.04. The molecule has 0 radical (unpaired) electrons. The number of benzene rings is 2. The normalized spacial score (nSPS) is 11.4. The number of hydrogen-bond acceptors (Lipinski definition) is 6. The van der Waals surface area contributed by atoms with Crippen molar-refractivity contribution < 1.29 is 19.3 Å². The Morgan fingerprint density at radius 1 is 0.962 bits per heavy atom. The second-order valence-electron chi connectivity index (χ2n) is 5.65. The molecule has 0 bridgehead atoms. The summed E-state index contributed by atoms with van der Waals surface area (Å²) in [6.07, 6.45) is 3.51. The van der Waals surface area contributed by atoms with E-state index in [0.29, 0.717) is 16.8 Å². The van der Waals surface area contributed by atoms with Gasteiger partial charge in [0.15, 0.2) is 19.9 Å². The molecule has 0 aliphatic rings. The Balaban J connectivity index is 1.97. The zero-order chi connectivity index (χ0) is 18.3. The van der Waals surface area contributed by atoms with Gasteiger partial charge < -0.3 is 19.3 Å². The summed E-state index contributed by atoms with van der Waals surface area (Å²) in [5.74, 6) is 1.23. The van der Waals surface area contributed by atoms with Gasteiger partial charge in [-0.1, -0.05) is 0 Å². The van der Waals surface area contributed by atoms with E-state index in [1.807, 2.05) is 12.1 Å². The van der Waals surface area contributed by atoms with Crippen LogP contribution in [-0.4, -0.2) is 38.8 Å². The van der Waals surface area contributed by atoms with Crippen molar-refractivity contribution in [2.24, 2.45) is 0 Å². The van der Waals surface area contributed by atoms with Gasteiger partial charge in [-0.25, -0.2) is 4.68 Å². The largest absolute Gasteiger partial charge is 0.493 e. The van der Waals surface area contributed by atoms with Crippen LogP contribution < -0.4 is 14.8 Å². The Hall–Kier alpha value is -2.73. The number of nitrogens with zero attached hydrogens (tertiary/aromatic N) is 3. The first-order chi connectivity index (χ1) is 12.6.